The van der Waals surface area contributed by atoms with E-state index in [0.29, 0.717) is 6.54 Å². The number of hydrogen-bond acceptors (Lipinski definition) is 4. The molecule has 2 aromatic heterocycles. The van der Waals surface area contributed by atoms with Gasteiger partial charge in [0.2, 0.25) is 0 Å². The molecule has 0 aromatic carbocycles. The van der Waals surface area contributed by atoms with Crippen LogP contribution in [0, 0.1) is 0 Å². The maximum Gasteiger partial charge on any atom is 0.380 e. The minimum atomic E-state index is -0.480. The number of nitrogens with two attached hydrogens (primary N) is 1. The normalized spacial score (nSPS) is 10.5. The Kier molecular flexibility index (Phi) is 3.59. The van der Waals surface area contributed by atoms with Crippen molar-refractivity contribution < 1.29 is 5.02 Å². The van der Waals surface area contributed by atoms with Crippen LogP contribution in [0.25, 0.3) is 0 Å². The summed E-state index contributed by atoms with van der Waals surface area (Å²) in [5, 5.41) is 14.1. The Labute approximate surface area is 97.5 Å². The first-order chi connectivity index (χ1) is 7.33. The Morgan fingerprint density at radius 2 is 2.13 bits per heavy atom. The standard InChI is InChI=1S/C10H12BNOS2/c12-5-3-8-4-7-15-10(8)11(13)9-2-1-6-14-9/h1-2,4,6-7,13H,3,5,12H2. The number of hydrogen-bond donors (Lipinski definition) is 2. The third-order valence-electron chi connectivity index (χ3n) is 2.26. The highest BCUT2D eigenvalue weighted by Crippen LogP contribution is 2.07. The van der Waals surface area contributed by atoms with E-state index >= 15 is 0 Å². The van der Waals surface area contributed by atoms with Crippen molar-refractivity contribution >= 4 is 39.1 Å². The van der Waals surface area contributed by atoms with Crippen molar-refractivity contribution in [1.29, 1.82) is 0 Å². The van der Waals surface area contributed by atoms with Crippen LogP contribution in [0.4, 0.5) is 0 Å². The van der Waals surface area contributed by atoms with Gasteiger partial charge in [-0.15, -0.1) is 0 Å². The molecule has 0 spiro atoms. The van der Waals surface area contributed by atoms with Crippen molar-refractivity contribution in [2.24, 2.45) is 5.73 Å². The van der Waals surface area contributed by atoms with Crippen LogP contribution in [0.2, 0.25) is 0 Å². The van der Waals surface area contributed by atoms with Gasteiger partial charge in [-0.1, -0.05) is 12.1 Å². The second-order valence-corrected chi connectivity index (χ2v) is 5.19. The van der Waals surface area contributed by atoms with Crippen molar-refractivity contribution in [2.45, 2.75) is 6.42 Å². The van der Waals surface area contributed by atoms with Crippen LogP contribution in [-0.2, 0) is 6.42 Å². The molecule has 3 N–H and O–H groups in total. The van der Waals surface area contributed by atoms with E-state index < -0.39 is 6.92 Å². The Hall–Kier alpha value is -0.615. The summed E-state index contributed by atoms with van der Waals surface area (Å²) < 4.78 is 2.03. The quantitative estimate of drug-likeness (QED) is 0.756. The van der Waals surface area contributed by atoms with Gasteiger partial charge in [-0.3, -0.25) is 0 Å². The minimum absolute atomic E-state index is 0.480. The molecule has 2 heterocycles. The second-order valence-electron chi connectivity index (χ2n) is 3.27. The Morgan fingerprint density at radius 1 is 1.27 bits per heavy atom. The third-order valence-corrected chi connectivity index (χ3v) is 4.19. The summed E-state index contributed by atoms with van der Waals surface area (Å²) in [6, 6.07) is 5.96. The molecule has 0 saturated carbocycles. The Balaban J connectivity index is 2.25. The summed E-state index contributed by atoms with van der Waals surface area (Å²) in [7, 11) is 0. The molecule has 0 aliphatic heterocycles. The lowest BCUT2D eigenvalue weighted by atomic mass is 9.64. The maximum absolute atomic E-state index is 10.2. The molecule has 2 aromatic rings. The first-order valence-electron chi connectivity index (χ1n) is 4.80. The zero-order valence-corrected chi connectivity index (χ0v) is 9.85. The molecule has 0 unspecified atom stereocenters. The predicted octanol–water partition coefficient (Wildman–Crippen LogP) is 0.409. The van der Waals surface area contributed by atoms with Crippen molar-refractivity contribution in [3.8, 4) is 0 Å². The minimum Gasteiger partial charge on any atom is -0.442 e. The SMILES string of the molecule is NCCc1ccsc1B(O)c1cccs1. The van der Waals surface area contributed by atoms with Crippen molar-refractivity contribution in [1.82, 2.24) is 0 Å². The lowest BCUT2D eigenvalue weighted by Gasteiger charge is -2.04. The van der Waals surface area contributed by atoms with Crippen LogP contribution in [-0.4, -0.2) is 18.5 Å². The lowest BCUT2D eigenvalue weighted by Crippen LogP contribution is -2.40. The molecule has 0 aliphatic rings. The highest BCUT2D eigenvalue weighted by Gasteiger charge is 2.22. The van der Waals surface area contributed by atoms with Crippen molar-refractivity contribution in [2.75, 3.05) is 6.54 Å². The van der Waals surface area contributed by atoms with E-state index in [1.165, 1.54) is 5.56 Å². The fraction of sp³-hybridized carbons (Fsp3) is 0.200. The molecular weight excluding hydrogens is 225 g/mol. The summed E-state index contributed by atoms with van der Waals surface area (Å²) in [5.74, 6) is 0. The molecule has 78 valence electrons. The van der Waals surface area contributed by atoms with Crippen LogP contribution in [0.1, 0.15) is 5.56 Å². The van der Waals surface area contributed by atoms with E-state index in [2.05, 4.69) is 0 Å². The Morgan fingerprint density at radius 3 is 2.80 bits per heavy atom. The molecule has 0 bridgehead atoms. The van der Waals surface area contributed by atoms with Gasteiger partial charge in [0.05, 0.1) is 0 Å². The second kappa shape index (κ2) is 4.94. The summed E-state index contributed by atoms with van der Waals surface area (Å²) in [4.78, 5) is 0. The van der Waals surface area contributed by atoms with Crippen LogP contribution in [0.3, 0.4) is 0 Å². The van der Waals surface area contributed by atoms with E-state index in [1.807, 2.05) is 29.0 Å². The predicted molar refractivity (Wildman–Crippen MR) is 68.6 cm³/mol. The van der Waals surface area contributed by atoms with Gasteiger partial charge < -0.3 is 10.8 Å². The number of rotatable bonds is 4. The molecule has 0 atom stereocenters. The highest BCUT2D eigenvalue weighted by molar-refractivity contribution is 7.29. The lowest BCUT2D eigenvalue weighted by molar-refractivity contribution is 0.601. The molecule has 0 aliphatic carbocycles. The van der Waals surface area contributed by atoms with E-state index in [9.17, 15) is 5.02 Å². The number of thiophene rings is 2. The van der Waals surface area contributed by atoms with Gasteiger partial charge in [-0.25, -0.2) is 0 Å². The van der Waals surface area contributed by atoms with Gasteiger partial charge in [-0.05, 0) is 35.4 Å². The molecule has 0 fully saturated rings. The zero-order chi connectivity index (χ0) is 10.7. The molecular formula is C10H12BNOS2. The fourth-order valence-corrected chi connectivity index (χ4v) is 3.27. The Bertz CT molecular complexity index is 413. The average molecular weight is 237 g/mol. The van der Waals surface area contributed by atoms with Gasteiger partial charge in [0.15, 0.2) is 0 Å². The van der Waals surface area contributed by atoms with Gasteiger partial charge in [0, 0.05) is 9.55 Å². The van der Waals surface area contributed by atoms with Gasteiger partial charge >= 0.3 is 6.92 Å². The van der Waals surface area contributed by atoms with Crippen LogP contribution in [0.15, 0.2) is 29.0 Å². The smallest absolute Gasteiger partial charge is 0.380 e. The van der Waals surface area contributed by atoms with Gasteiger partial charge in [0.25, 0.3) is 0 Å². The average Bonchev–Trinajstić information content (AvgIpc) is 2.87. The third kappa shape index (κ3) is 2.31. The summed E-state index contributed by atoms with van der Waals surface area (Å²) in [6.45, 7) is 0.146. The van der Waals surface area contributed by atoms with E-state index in [0.717, 1.165) is 16.0 Å². The van der Waals surface area contributed by atoms with E-state index in [-0.39, 0.29) is 0 Å². The van der Waals surface area contributed by atoms with Crippen molar-refractivity contribution in [3.05, 3.63) is 34.5 Å². The van der Waals surface area contributed by atoms with E-state index in [4.69, 9.17) is 5.73 Å². The summed E-state index contributed by atoms with van der Waals surface area (Å²) >= 11 is 3.18. The van der Waals surface area contributed by atoms with Crippen LogP contribution in [0.5, 0.6) is 0 Å². The van der Waals surface area contributed by atoms with E-state index in [1.54, 1.807) is 22.7 Å². The summed E-state index contributed by atoms with van der Waals surface area (Å²) in [5.41, 5.74) is 6.70. The maximum atomic E-state index is 10.2. The molecule has 5 heteroatoms. The first kappa shape index (κ1) is 10.9. The first-order valence-corrected chi connectivity index (χ1v) is 6.56. The van der Waals surface area contributed by atoms with Gasteiger partial charge in [-0.2, -0.15) is 22.7 Å². The molecule has 0 amide bonds. The zero-order valence-electron chi connectivity index (χ0n) is 8.22. The topological polar surface area (TPSA) is 46.2 Å². The van der Waals surface area contributed by atoms with Crippen LogP contribution < -0.4 is 15.3 Å². The molecule has 15 heavy (non-hydrogen) atoms. The largest absolute Gasteiger partial charge is 0.442 e. The fourth-order valence-electron chi connectivity index (χ4n) is 1.53. The molecule has 0 saturated heterocycles. The van der Waals surface area contributed by atoms with Gasteiger partial charge in [0.1, 0.15) is 0 Å². The summed E-state index contributed by atoms with van der Waals surface area (Å²) in [6.07, 6.45) is 0.835. The highest BCUT2D eigenvalue weighted by atomic mass is 32.1. The monoisotopic (exact) mass is 237 g/mol. The molecule has 2 nitrogen and oxygen atoms in total. The van der Waals surface area contributed by atoms with Crippen molar-refractivity contribution in [3.63, 3.8) is 0 Å². The van der Waals surface area contributed by atoms with Crippen LogP contribution >= 0.6 is 22.7 Å². The molecule has 0 radical (unpaired) electrons. The molecule has 2 rings (SSSR count).